The zero-order valence-electron chi connectivity index (χ0n) is 13.3. The van der Waals surface area contributed by atoms with E-state index in [9.17, 15) is 4.79 Å². The number of unbranched alkanes of at least 4 members (excludes halogenated alkanes) is 1. The van der Waals surface area contributed by atoms with E-state index < -0.39 is 5.97 Å². The van der Waals surface area contributed by atoms with Gasteiger partial charge in [-0.05, 0) is 38.2 Å². The van der Waals surface area contributed by atoms with Crippen molar-refractivity contribution in [3.8, 4) is 12.0 Å². The van der Waals surface area contributed by atoms with Gasteiger partial charge in [-0.1, -0.05) is 49.3 Å². The lowest BCUT2D eigenvalue weighted by Crippen LogP contribution is -1.91. The molecule has 3 nitrogen and oxygen atoms in total. The molecule has 0 bridgehead atoms. The molecule has 0 unspecified atom stereocenters. The number of allylic oxidation sites excluding steroid dienone is 7. The van der Waals surface area contributed by atoms with Gasteiger partial charge in [0.1, 0.15) is 6.11 Å². The Hall–Kier alpha value is -2.21. The fraction of sp³-hybridized carbons (Fsp3) is 0.421. The molecule has 0 saturated carbocycles. The van der Waals surface area contributed by atoms with Gasteiger partial charge in [0.15, 0.2) is 0 Å². The van der Waals surface area contributed by atoms with Crippen molar-refractivity contribution >= 4 is 5.97 Å². The van der Waals surface area contributed by atoms with Crippen LogP contribution in [0, 0.1) is 12.0 Å². The van der Waals surface area contributed by atoms with Crippen LogP contribution in [0.1, 0.15) is 51.9 Å². The van der Waals surface area contributed by atoms with Crippen LogP contribution in [0.3, 0.4) is 0 Å². The van der Waals surface area contributed by atoms with Gasteiger partial charge in [0.25, 0.3) is 0 Å². The van der Waals surface area contributed by atoms with Gasteiger partial charge in [-0.15, -0.1) is 0 Å². The van der Waals surface area contributed by atoms with Crippen LogP contribution >= 0.6 is 0 Å². The van der Waals surface area contributed by atoms with E-state index in [4.69, 9.17) is 9.84 Å². The molecule has 0 radical (unpaired) electrons. The van der Waals surface area contributed by atoms with E-state index in [0.29, 0.717) is 6.42 Å². The maximum absolute atomic E-state index is 10.2. The highest BCUT2D eigenvalue weighted by Crippen LogP contribution is 1.95. The first-order valence-electron chi connectivity index (χ1n) is 7.72. The van der Waals surface area contributed by atoms with Gasteiger partial charge >= 0.3 is 5.97 Å². The Bertz CT molecular complexity index is 445. The largest absolute Gasteiger partial charge is 0.481 e. The summed E-state index contributed by atoms with van der Waals surface area (Å²) in [5.41, 5.74) is 0. The molecule has 120 valence electrons. The summed E-state index contributed by atoms with van der Waals surface area (Å²) in [6.45, 7) is 2.13. The van der Waals surface area contributed by atoms with Gasteiger partial charge in [0.2, 0.25) is 0 Å². The molecule has 1 N–H and O–H groups in total. The highest BCUT2D eigenvalue weighted by molar-refractivity contribution is 5.66. The van der Waals surface area contributed by atoms with Crippen LogP contribution in [-0.2, 0) is 9.53 Å². The third-order valence-corrected chi connectivity index (χ3v) is 2.54. The summed E-state index contributed by atoms with van der Waals surface area (Å²) in [6.07, 6.45) is 23.9. The zero-order chi connectivity index (χ0) is 16.3. The van der Waals surface area contributed by atoms with Gasteiger partial charge in [-0.25, -0.2) is 0 Å². The smallest absolute Gasteiger partial charge is 0.303 e. The minimum atomic E-state index is -0.810. The number of carbonyl (C=O) groups is 1. The molecule has 22 heavy (non-hydrogen) atoms. The summed E-state index contributed by atoms with van der Waals surface area (Å²) >= 11 is 0. The molecule has 0 aliphatic heterocycles. The number of carboxylic acids is 1. The first kappa shape index (κ1) is 19.8. The predicted octanol–water partition coefficient (Wildman–Crippen LogP) is 4.98. The van der Waals surface area contributed by atoms with E-state index in [0.717, 1.165) is 32.1 Å². The molecule has 0 saturated heterocycles. The molecule has 0 rings (SSSR count). The summed E-state index contributed by atoms with van der Waals surface area (Å²) in [6, 6.07) is 0. The van der Waals surface area contributed by atoms with Crippen LogP contribution in [-0.4, -0.2) is 11.1 Å². The lowest BCUT2D eigenvalue weighted by atomic mass is 10.2. The van der Waals surface area contributed by atoms with Crippen molar-refractivity contribution in [3.63, 3.8) is 0 Å². The second kappa shape index (κ2) is 16.8. The van der Waals surface area contributed by atoms with Crippen LogP contribution in [0.4, 0.5) is 0 Å². The number of hydrogen-bond donors (Lipinski definition) is 1. The second-order valence-electron chi connectivity index (χ2n) is 4.53. The van der Waals surface area contributed by atoms with E-state index in [1.807, 2.05) is 0 Å². The molecule has 3 heteroatoms. The van der Waals surface area contributed by atoms with Crippen molar-refractivity contribution in [2.24, 2.45) is 0 Å². The SMILES string of the molecule is CC/C=C\C/C=C\C/C=C/CCC#CO/C=C/CCC(=O)O. The molecule has 0 aromatic rings. The van der Waals surface area contributed by atoms with Gasteiger partial charge in [0.05, 0.1) is 6.26 Å². The molecule has 0 aliphatic rings. The molecule has 0 atom stereocenters. The summed E-state index contributed by atoms with van der Waals surface area (Å²) in [5.74, 6) is 2.08. The average molecular weight is 302 g/mol. The minimum absolute atomic E-state index is 0.113. The topological polar surface area (TPSA) is 46.5 Å². The van der Waals surface area contributed by atoms with Crippen molar-refractivity contribution in [3.05, 3.63) is 48.8 Å². The van der Waals surface area contributed by atoms with Crippen LogP contribution in [0.15, 0.2) is 48.8 Å². The first-order chi connectivity index (χ1) is 10.8. The van der Waals surface area contributed by atoms with Crippen LogP contribution in [0.2, 0.25) is 0 Å². The Kier molecular flexibility index (Phi) is 15.2. The van der Waals surface area contributed by atoms with Crippen molar-refractivity contribution in [2.75, 3.05) is 0 Å². The molecule has 0 aromatic heterocycles. The average Bonchev–Trinajstić information content (AvgIpc) is 2.50. The molecule has 0 heterocycles. The molecular weight excluding hydrogens is 276 g/mol. The number of rotatable bonds is 11. The van der Waals surface area contributed by atoms with Crippen molar-refractivity contribution < 1.29 is 14.6 Å². The number of aliphatic carboxylic acids is 1. The molecule has 0 spiro atoms. The number of hydrogen-bond acceptors (Lipinski definition) is 2. The third-order valence-electron chi connectivity index (χ3n) is 2.54. The second-order valence-corrected chi connectivity index (χ2v) is 4.53. The number of carboxylic acid groups (broad SMARTS) is 1. The van der Waals surface area contributed by atoms with Crippen LogP contribution in [0.5, 0.6) is 0 Å². The highest BCUT2D eigenvalue weighted by atomic mass is 16.5. The fourth-order valence-electron chi connectivity index (χ4n) is 1.43. The molecule has 0 aromatic carbocycles. The van der Waals surface area contributed by atoms with E-state index in [1.54, 1.807) is 6.08 Å². The van der Waals surface area contributed by atoms with Gasteiger partial charge in [0, 0.05) is 12.8 Å². The standard InChI is InChI=1S/C19H26O3/c1-2-3-4-5-6-7-8-9-10-11-12-14-17-22-18-15-13-16-19(20)21/h3-4,6-7,9-10,15,18H,2,5,8,11-13,16H2,1H3,(H,20,21)/b4-3-,7-6-,10-9+,18-15+. The maximum Gasteiger partial charge on any atom is 0.303 e. The Morgan fingerprint density at radius 1 is 1.00 bits per heavy atom. The lowest BCUT2D eigenvalue weighted by molar-refractivity contribution is -0.136. The molecule has 0 amide bonds. The highest BCUT2D eigenvalue weighted by Gasteiger charge is 1.90. The summed E-state index contributed by atoms with van der Waals surface area (Å²) in [7, 11) is 0. The Labute approximate surface area is 134 Å². The minimum Gasteiger partial charge on any atom is -0.481 e. The quantitative estimate of drug-likeness (QED) is 0.253. The van der Waals surface area contributed by atoms with Crippen LogP contribution in [0.25, 0.3) is 0 Å². The van der Waals surface area contributed by atoms with Crippen molar-refractivity contribution in [2.45, 2.75) is 51.9 Å². The van der Waals surface area contributed by atoms with E-state index in [-0.39, 0.29) is 6.42 Å². The van der Waals surface area contributed by atoms with E-state index in [1.165, 1.54) is 6.26 Å². The summed E-state index contributed by atoms with van der Waals surface area (Å²) in [4.78, 5) is 10.2. The molecule has 0 fully saturated rings. The Morgan fingerprint density at radius 2 is 1.68 bits per heavy atom. The van der Waals surface area contributed by atoms with Gasteiger partial charge < -0.3 is 9.84 Å². The lowest BCUT2D eigenvalue weighted by Gasteiger charge is -1.87. The normalized spacial score (nSPS) is 11.5. The molecular formula is C19H26O3. The van der Waals surface area contributed by atoms with E-state index in [2.05, 4.69) is 55.4 Å². The fourth-order valence-corrected chi connectivity index (χ4v) is 1.43. The molecule has 0 aliphatic carbocycles. The van der Waals surface area contributed by atoms with E-state index >= 15 is 0 Å². The zero-order valence-corrected chi connectivity index (χ0v) is 13.3. The van der Waals surface area contributed by atoms with Crippen molar-refractivity contribution in [1.82, 2.24) is 0 Å². The summed E-state index contributed by atoms with van der Waals surface area (Å²) < 4.78 is 4.93. The number of ether oxygens (including phenoxy) is 1. The van der Waals surface area contributed by atoms with Crippen LogP contribution < -0.4 is 0 Å². The summed E-state index contributed by atoms with van der Waals surface area (Å²) in [5, 5.41) is 8.42. The monoisotopic (exact) mass is 302 g/mol. The first-order valence-corrected chi connectivity index (χ1v) is 7.72. The predicted molar refractivity (Wildman–Crippen MR) is 91.0 cm³/mol. The van der Waals surface area contributed by atoms with Crippen molar-refractivity contribution in [1.29, 1.82) is 0 Å². The Morgan fingerprint density at radius 3 is 2.36 bits per heavy atom. The van der Waals surface area contributed by atoms with Gasteiger partial charge in [-0.3, -0.25) is 4.79 Å². The Balaban J connectivity index is 3.48. The van der Waals surface area contributed by atoms with Gasteiger partial charge in [-0.2, -0.15) is 0 Å². The third kappa shape index (κ3) is 17.8. The maximum atomic E-state index is 10.2.